The SMILES string of the molecule is Cl.NC1C2CCCC1CC(C(=O)N(Cc1ccccc1F)C1CC1)C2. The fourth-order valence-corrected chi connectivity index (χ4v) is 4.81. The van der Waals surface area contributed by atoms with E-state index in [0.717, 1.165) is 38.5 Å². The predicted molar refractivity (Wildman–Crippen MR) is 98.8 cm³/mol. The maximum atomic E-state index is 14.0. The van der Waals surface area contributed by atoms with Gasteiger partial charge in [-0.05, 0) is 56.4 Å². The molecule has 3 fully saturated rings. The summed E-state index contributed by atoms with van der Waals surface area (Å²) in [6, 6.07) is 7.42. The maximum Gasteiger partial charge on any atom is 0.226 e. The molecule has 1 aromatic rings. The largest absolute Gasteiger partial charge is 0.335 e. The molecule has 25 heavy (non-hydrogen) atoms. The second-order valence-corrected chi connectivity index (χ2v) is 7.99. The molecule has 0 radical (unpaired) electrons. The summed E-state index contributed by atoms with van der Waals surface area (Å²) in [7, 11) is 0. The van der Waals surface area contributed by atoms with E-state index in [1.165, 1.54) is 12.5 Å². The lowest BCUT2D eigenvalue weighted by Gasteiger charge is -2.44. The molecule has 2 bridgehead atoms. The molecule has 1 amide bonds. The summed E-state index contributed by atoms with van der Waals surface area (Å²) in [5.41, 5.74) is 6.99. The first-order valence-corrected chi connectivity index (χ1v) is 9.43. The van der Waals surface area contributed by atoms with E-state index < -0.39 is 0 Å². The van der Waals surface area contributed by atoms with E-state index >= 15 is 0 Å². The predicted octanol–water partition coefficient (Wildman–Crippen LogP) is 3.89. The van der Waals surface area contributed by atoms with Crippen LogP contribution in [0.1, 0.15) is 50.5 Å². The van der Waals surface area contributed by atoms with Crippen molar-refractivity contribution in [3.8, 4) is 0 Å². The molecule has 2 atom stereocenters. The van der Waals surface area contributed by atoms with Crippen molar-refractivity contribution in [2.75, 3.05) is 0 Å². The molecule has 2 N–H and O–H groups in total. The van der Waals surface area contributed by atoms with E-state index in [0.29, 0.717) is 30.0 Å². The van der Waals surface area contributed by atoms with Crippen LogP contribution in [0, 0.1) is 23.6 Å². The molecule has 2 unspecified atom stereocenters. The number of carbonyl (C=O) groups is 1. The van der Waals surface area contributed by atoms with Gasteiger partial charge in [0.1, 0.15) is 5.82 Å². The molecule has 3 aliphatic carbocycles. The normalized spacial score (nSPS) is 31.1. The van der Waals surface area contributed by atoms with Crippen LogP contribution in [-0.4, -0.2) is 22.9 Å². The number of halogens is 2. The first kappa shape index (κ1) is 18.7. The summed E-state index contributed by atoms with van der Waals surface area (Å²) in [6.45, 7) is 0.411. The van der Waals surface area contributed by atoms with Gasteiger partial charge < -0.3 is 10.6 Å². The number of benzene rings is 1. The minimum Gasteiger partial charge on any atom is -0.335 e. The lowest BCUT2D eigenvalue weighted by molar-refractivity contribution is -0.140. The Morgan fingerprint density at radius 3 is 2.36 bits per heavy atom. The molecule has 3 aliphatic rings. The van der Waals surface area contributed by atoms with Crippen LogP contribution in [0.15, 0.2) is 24.3 Å². The van der Waals surface area contributed by atoms with E-state index in [1.807, 2.05) is 11.0 Å². The Bertz CT molecular complexity index is 607. The molecule has 3 saturated carbocycles. The van der Waals surface area contributed by atoms with Gasteiger partial charge in [0, 0.05) is 30.1 Å². The number of amides is 1. The van der Waals surface area contributed by atoms with Crippen LogP contribution in [0.3, 0.4) is 0 Å². The monoisotopic (exact) mass is 366 g/mol. The quantitative estimate of drug-likeness (QED) is 0.878. The average Bonchev–Trinajstić information content (AvgIpc) is 3.38. The summed E-state index contributed by atoms with van der Waals surface area (Å²) < 4.78 is 14.0. The van der Waals surface area contributed by atoms with Gasteiger partial charge in [0.2, 0.25) is 5.91 Å². The maximum absolute atomic E-state index is 14.0. The minimum atomic E-state index is -0.210. The van der Waals surface area contributed by atoms with Crippen LogP contribution in [0.4, 0.5) is 4.39 Å². The summed E-state index contributed by atoms with van der Waals surface area (Å²) >= 11 is 0. The summed E-state index contributed by atoms with van der Waals surface area (Å²) in [4.78, 5) is 15.1. The van der Waals surface area contributed by atoms with E-state index in [4.69, 9.17) is 5.73 Å². The molecule has 0 heterocycles. The van der Waals surface area contributed by atoms with E-state index in [9.17, 15) is 9.18 Å². The first-order valence-electron chi connectivity index (χ1n) is 9.43. The van der Waals surface area contributed by atoms with Gasteiger partial charge >= 0.3 is 0 Å². The zero-order chi connectivity index (χ0) is 16.7. The second-order valence-electron chi connectivity index (χ2n) is 7.99. The Balaban J connectivity index is 0.00000182. The third-order valence-corrected chi connectivity index (χ3v) is 6.33. The molecule has 5 heteroatoms. The highest BCUT2D eigenvalue weighted by atomic mass is 35.5. The van der Waals surface area contributed by atoms with Crippen LogP contribution in [0.2, 0.25) is 0 Å². The summed E-state index contributed by atoms with van der Waals surface area (Å²) in [6.07, 6.45) is 7.55. The smallest absolute Gasteiger partial charge is 0.226 e. The van der Waals surface area contributed by atoms with Gasteiger partial charge in [-0.25, -0.2) is 4.39 Å². The molecule has 0 saturated heterocycles. The van der Waals surface area contributed by atoms with Crippen LogP contribution in [0.25, 0.3) is 0 Å². The highest BCUT2D eigenvalue weighted by molar-refractivity contribution is 5.85. The van der Waals surface area contributed by atoms with Gasteiger partial charge in [0.25, 0.3) is 0 Å². The Morgan fingerprint density at radius 2 is 1.76 bits per heavy atom. The number of hydrogen-bond acceptors (Lipinski definition) is 2. The van der Waals surface area contributed by atoms with Crippen molar-refractivity contribution < 1.29 is 9.18 Å². The van der Waals surface area contributed by atoms with Crippen LogP contribution in [-0.2, 0) is 11.3 Å². The fourth-order valence-electron chi connectivity index (χ4n) is 4.81. The number of nitrogens with zero attached hydrogens (tertiary/aromatic N) is 1. The van der Waals surface area contributed by atoms with Crippen molar-refractivity contribution in [1.82, 2.24) is 4.90 Å². The zero-order valence-corrected chi connectivity index (χ0v) is 15.4. The average molecular weight is 367 g/mol. The molecular formula is C20H28ClFN2O. The Kier molecular flexibility index (Phi) is 5.69. The highest BCUT2D eigenvalue weighted by Gasteiger charge is 2.43. The van der Waals surface area contributed by atoms with Gasteiger partial charge in [0.15, 0.2) is 0 Å². The van der Waals surface area contributed by atoms with E-state index in [1.54, 1.807) is 12.1 Å². The van der Waals surface area contributed by atoms with Crippen molar-refractivity contribution >= 4 is 18.3 Å². The number of fused-ring (bicyclic) bond motifs is 2. The van der Waals surface area contributed by atoms with Gasteiger partial charge in [0.05, 0.1) is 0 Å². The van der Waals surface area contributed by atoms with Crippen molar-refractivity contribution in [2.24, 2.45) is 23.5 Å². The molecule has 0 aliphatic heterocycles. The Morgan fingerprint density at radius 1 is 1.12 bits per heavy atom. The lowest BCUT2D eigenvalue weighted by Crippen LogP contribution is -2.50. The van der Waals surface area contributed by atoms with E-state index in [2.05, 4.69) is 0 Å². The van der Waals surface area contributed by atoms with E-state index in [-0.39, 0.29) is 36.1 Å². The number of carbonyl (C=O) groups excluding carboxylic acids is 1. The van der Waals surface area contributed by atoms with Gasteiger partial charge in [-0.15, -0.1) is 12.4 Å². The molecule has 0 spiro atoms. The Labute approximate surface area is 155 Å². The van der Waals surface area contributed by atoms with Crippen LogP contribution < -0.4 is 5.73 Å². The van der Waals surface area contributed by atoms with Crippen LogP contribution in [0.5, 0.6) is 0 Å². The lowest BCUT2D eigenvalue weighted by atomic mass is 9.65. The molecule has 4 rings (SSSR count). The van der Waals surface area contributed by atoms with Crippen LogP contribution >= 0.6 is 12.4 Å². The molecule has 1 aromatic carbocycles. The molecular weight excluding hydrogens is 339 g/mol. The van der Waals surface area contributed by atoms with Crippen molar-refractivity contribution in [3.63, 3.8) is 0 Å². The van der Waals surface area contributed by atoms with Gasteiger partial charge in [-0.1, -0.05) is 24.6 Å². The number of nitrogens with two attached hydrogens (primary N) is 1. The topological polar surface area (TPSA) is 46.3 Å². The standard InChI is InChI=1S/C20H27FN2O.ClH/c21-18-7-2-1-4-15(18)12-23(17-8-9-17)20(24)16-10-13-5-3-6-14(11-16)19(13)22;/h1-2,4,7,13-14,16-17,19H,3,5-6,8-12,22H2;1H. The van der Waals surface area contributed by atoms with Crippen molar-refractivity contribution in [2.45, 2.75) is 63.6 Å². The number of hydrogen-bond donors (Lipinski definition) is 1. The van der Waals surface area contributed by atoms with Crippen molar-refractivity contribution in [3.05, 3.63) is 35.6 Å². The zero-order valence-electron chi connectivity index (χ0n) is 14.6. The molecule has 0 aromatic heterocycles. The fraction of sp³-hybridized carbons (Fsp3) is 0.650. The summed E-state index contributed by atoms with van der Waals surface area (Å²) in [5, 5.41) is 0. The van der Waals surface area contributed by atoms with Gasteiger partial charge in [-0.2, -0.15) is 0 Å². The Hall–Kier alpha value is -1.13. The number of rotatable bonds is 4. The molecule has 3 nitrogen and oxygen atoms in total. The second kappa shape index (κ2) is 7.63. The third-order valence-electron chi connectivity index (χ3n) is 6.33. The third kappa shape index (κ3) is 3.85. The minimum absolute atomic E-state index is 0. The first-order chi connectivity index (χ1) is 11.6. The van der Waals surface area contributed by atoms with Gasteiger partial charge in [-0.3, -0.25) is 4.79 Å². The molecule has 138 valence electrons. The highest BCUT2D eigenvalue weighted by Crippen LogP contribution is 2.43. The van der Waals surface area contributed by atoms with Crippen molar-refractivity contribution in [1.29, 1.82) is 0 Å². The summed E-state index contributed by atoms with van der Waals surface area (Å²) in [5.74, 6) is 1.12.